The molecule has 0 saturated carbocycles. The van der Waals surface area contributed by atoms with E-state index in [0.717, 1.165) is 28.6 Å². The molecule has 4 nitrogen and oxygen atoms in total. The molecule has 6 heteroatoms. The van der Waals surface area contributed by atoms with E-state index in [1.165, 1.54) is 12.8 Å². The Bertz CT molecular complexity index is 558. The highest BCUT2D eigenvalue weighted by molar-refractivity contribution is 9.10. The Morgan fingerprint density at radius 3 is 2.61 bits per heavy atom. The van der Waals surface area contributed by atoms with E-state index in [-0.39, 0.29) is 18.3 Å². The number of nitrogens with one attached hydrogen (secondary N) is 1. The number of rotatable bonds is 4. The van der Waals surface area contributed by atoms with Crippen LogP contribution in [0.2, 0.25) is 0 Å². The fourth-order valence-corrected chi connectivity index (χ4v) is 4.13. The van der Waals surface area contributed by atoms with Crippen LogP contribution in [0.1, 0.15) is 31.2 Å². The maximum absolute atomic E-state index is 12.7. The molecule has 2 aliphatic rings. The van der Waals surface area contributed by atoms with E-state index in [9.17, 15) is 4.79 Å². The number of amides is 1. The summed E-state index contributed by atoms with van der Waals surface area (Å²) < 4.78 is 6.34. The second kappa shape index (κ2) is 7.86. The molecule has 2 unspecified atom stereocenters. The number of halogens is 2. The molecule has 1 amide bonds. The maximum atomic E-state index is 12.7. The first kappa shape index (κ1) is 18.6. The average molecular weight is 404 g/mol. The van der Waals surface area contributed by atoms with Crippen molar-refractivity contribution in [3.05, 3.63) is 28.2 Å². The van der Waals surface area contributed by atoms with Crippen LogP contribution in [0, 0.1) is 0 Å². The van der Waals surface area contributed by atoms with Gasteiger partial charge in [-0.05, 0) is 43.9 Å². The van der Waals surface area contributed by atoms with Gasteiger partial charge in [-0.25, -0.2) is 0 Å². The monoisotopic (exact) mass is 402 g/mol. The van der Waals surface area contributed by atoms with Crippen molar-refractivity contribution in [3.63, 3.8) is 0 Å². The second-order valence-electron chi connectivity index (χ2n) is 6.40. The molecule has 2 saturated heterocycles. The Morgan fingerprint density at radius 1 is 1.35 bits per heavy atom. The Balaban J connectivity index is 0.00000192. The highest BCUT2D eigenvalue weighted by Gasteiger charge is 2.36. The van der Waals surface area contributed by atoms with E-state index in [1.54, 1.807) is 7.11 Å². The van der Waals surface area contributed by atoms with E-state index in [2.05, 4.69) is 21.2 Å². The van der Waals surface area contributed by atoms with Gasteiger partial charge in [0.15, 0.2) is 0 Å². The van der Waals surface area contributed by atoms with Gasteiger partial charge < -0.3 is 15.0 Å². The lowest BCUT2D eigenvalue weighted by Gasteiger charge is -2.35. The van der Waals surface area contributed by atoms with Gasteiger partial charge in [0.1, 0.15) is 5.75 Å². The van der Waals surface area contributed by atoms with Gasteiger partial charge in [0.05, 0.1) is 13.5 Å². The zero-order valence-electron chi connectivity index (χ0n) is 13.5. The molecule has 128 valence electrons. The third kappa shape index (κ3) is 4.20. The van der Waals surface area contributed by atoms with Crippen LogP contribution in [0.4, 0.5) is 0 Å². The van der Waals surface area contributed by atoms with Gasteiger partial charge in [-0.15, -0.1) is 12.4 Å². The molecule has 0 spiro atoms. The minimum Gasteiger partial charge on any atom is -0.496 e. The van der Waals surface area contributed by atoms with E-state index in [4.69, 9.17) is 4.74 Å². The molecule has 2 aliphatic heterocycles. The first-order chi connectivity index (χ1) is 10.6. The summed E-state index contributed by atoms with van der Waals surface area (Å²) >= 11 is 3.46. The number of carbonyl (C=O) groups excluding carboxylic acids is 1. The summed E-state index contributed by atoms with van der Waals surface area (Å²) in [6.07, 6.45) is 5.05. The summed E-state index contributed by atoms with van der Waals surface area (Å²) in [7, 11) is 3.59. The van der Waals surface area contributed by atoms with Gasteiger partial charge in [-0.1, -0.05) is 15.9 Å². The highest BCUT2D eigenvalue weighted by atomic mass is 79.9. The predicted molar refractivity (Wildman–Crippen MR) is 97.4 cm³/mol. The Hall–Kier alpha value is -0.780. The first-order valence-corrected chi connectivity index (χ1v) is 8.70. The summed E-state index contributed by atoms with van der Waals surface area (Å²) in [5.41, 5.74) is 0.936. The number of hydrogen-bond acceptors (Lipinski definition) is 3. The number of nitrogens with zero attached hydrogens (tertiary/aromatic N) is 1. The smallest absolute Gasteiger partial charge is 0.227 e. The third-order valence-corrected chi connectivity index (χ3v) is 5.47. The van der Waals surface area contributed by atoms with Crippen LogP contribution in [0.25, 0.3) is 0 Å². The summed E-state index contributed by atoms with van der Waals surface area (Å²) in [6.45, 7) is 0. The molecule has 3 rings (SSSR count). The molecule has 23 heavy (non-hydrogen) atoms. The number of benzene rings is 1. The molecule has 2 bridgehead atoms. The van der Waals surface area contributed by atoms with Crippen molar-refractivity contribution in [2.45, 2.75) is 50.2 Å². The van der Waals surface area contributed by atoms with Crippen LogP contribution in [0.15, 0.2) is 22.7 Å². The molecule has 2 heterocycles. The minimum atomic E-state index is 0. The number of piperidine rings is 1. The van der Waals surface area contributed by atoms with E-state index >= 15 is 0 Å². The minimum absolute atomic E-state index is 0. The van der Waals surface area contributed by atoms with Crippen LogP contribution in [-0.4, -0.2) is 43.1 Å². The number of fused-ring (bicyclic) bond motifs is 2. The lowest BCUT2D eigenvalue weighted by atomic mass is 9.98. The fourth-order valence-electron chi connectivity index (χ4n) is 3.72. The van der Waals surface area contributed by atoms with Gasteiger partial charge in [0.25, 0.3) is 0 Å². The number of hydrogen-bond donors (Lipinski definition) is 1. The largest absolute Gasteiger partial charge is 0.496 e. The van der Waals surface area contributed by atoms with Gasteiger partial charge in [0, 0.05) is 35.2 Å². The molecule has 2 fully saturated rings. The van der Waals surface area contributed by atoms with Gasteiger partial charge in [-0.3, -0.25) is 4.79 Å². The van der Waals surface area contributed by atoms with Crippen molar-refractivity contribution in [1.29, 1.82) is 0 Å². The molecule has 1 aromatic carbocycles. The van der Waals surface area contributed by atoms with Crippen molar-refractivity contribution in [2.24, 2.45) is 0 Å². The van der Waals surface area contributed by atoms with Crippen molar-refractivity contribution < 1.29 is 9.53 Å². The second-order valence-corrected chi connectivity index (χ2v) is 7.32. The molecule has 0 radical (unpaired) electrons. The lowest BCUT2D eigenvalue weighted by molar-refractivity contribution is -0.131. The number of likely N-dealkylation sites (N-methyl/N-ethyl adjacent to an activating group) is 1. The molecule has 1 aromatic rings. The molecular weight excluding hydrogens is 380 g/mol. The zero-order chi connectivity index (χ0) is 15.7. The van der Waals surface area contributed by atoms with Crippen LogP contribution in [-0.2, 0) is 11.2 Å². The summed E-state index contributed by atoms with van der Waals surface area (Å²) in [4.78, 5) is 14.6. The fraction of sp³-hybridized carbons (Fsp3) is 0.588. The standard InChI is InChI=1S/C17H23BrN2O2.ClH/c1-20(15-9-13-4-5-14(10-15)19-13)17(21)8-11-7-12(18)3-6-16(11)22-2;/h3,6-7,13-15,19H,4-5,8-10H2,1-2H3;1H. The Labute approximate surface area is 152 Å². The Morgan fingerprint density at radius 2 is 2.00 bits per heavy atom. The topological polar surface area (TPSA) is 41.6 Å². The van der Waals surface area contributed by atoms with Crippen molar-refractivity contribution in [2.75, 3.05) is 14.2 Å². The summed E-state index contributed by atoms with van der Waals surface area (Å²) in [6, 6.07) is 7.36. The summed E-state index contributed by atoms with van der Waals surface area (Å²) in [5, 5.41) is 3.63. The predicted octanol–water partition coefficient (Wildman–Crippen LogP) is 3.16. The van der Waals surface area contributed by atoms with Crippen LogP contribution in [0.3, 0.4) is 0 Å². The Kier molecular flexibility index (Phi) is 6.34. The lowest BCUT2D eigenvalue weighted by Crippen LogP contribution is -2.49. The normalized spacial score (nSPS) is 25.6. The van der Waals surface area contributed by atoms with E-state index in [1.807, 2.05) is 30.1 Å². The van der Waals surface area contributed by atoms with Crippen molar-refractivity contribution in [3.8, 4) is 5.75 Å². The maximum Gasteiger partial charge on any atom is 0.227 e. The van der Waals surface area contributed by atoms with Gasteiger partial charge in [-0.2, -0.15) is 0 Å². The van der Waals surface area contributed by atoms with E-state index in [0.29, 0.717) is 24.5 Å². The average Bonchev–Trinajstić information content (AvgIpc) is 2.85. The molecular formula is C17H24BrClN2O2. The zero-order valence-corrected chi connectivity index (χ0v) is 16.0. The van der Waals surface area contributed by atoms with Crippen molar-refractivity contribution >= 4 is 34.2 Å². The van der Waals surface area contributed by atoms with Crippen molar-refractivity contribution in [1.82, 2.24) is 10.2 Å². The number of methoxy groups -OCH3 is 1. The van der Waals surface area contributed by atoms with Crippen LogP contribution >= 0.6 is 28.3 Å². The third-order valence-electron chi connectivity index (χ3n) is 4.97. The van der Waals surface area contributed by atoms with Crippen LogP contribution < -0.4 is 10.1 Å². The summed E-state index contributed by atoms with van der Waals surface area (Å²) in [5.74, 6) is 0.943. The number of ether oxygens (including phenoxy) is 1. The molecule has 0 aromatic heterocycles. The van der Waals surface area contributed by atoms with Gasteiger partial charge >= 0.3 is 0 Å². The highest BCUT2D eigenvalue weighted by Crippen LogP contribution is 2.30. The molecule has 1 N–H and O–H groups in total. The first-order valence-electron chi connectivity index (χ1n) is 7.91. The SMILES string of the molecule is COc1ccc(Br)cc1CC(=O)N(C)C1CC2CCC(C1)N2.Cl. The molecule has 2 atom stereocenters. The molecule has 0 aliphatic carbocycles. The number of carbonyl (C=O) groups is 1. The van der Waals surface area contributed by atoms with E-state index < -0.39 is 0 Å². The van der Waals surface area contributed by atoms with Gasteiger partial charge in [0.2, 0.25) is 5.91 Å². The van der Waals surface area contributed by atoms with Crippen LogP contribution in [0.5, 0.6) is 5.75 Å². The quantitative estimate of drug-likeness (QED) is 0.839.